The largest absolute Gasteiger partial charge is 0.396 e. The summed E-state index contributed by atoms with van der Waals surface area (Å²) in [4.78, 5) is 0. The van der Waals surface area contributed by atoms with Crippen molar-refractivity contribution in [3.63, 3.8) is 0 Å². The summed E-state index contributed by atoms with van der Waals surface area (Å²) in [7, 11) is 0. The molecule has 2 N–H and O–H groups in total. The molecule has 0 aromatic carbocycles. The van der Waals surface area contributed by atoms with E-state index in [-0.39, 0.29) is 12.7 Å². The van der Waals surface area contributed by atoms with Crippen LogP contribution in [-0.4, -0.2) is 22.9 Å². The van der Waals surface area contributed by atoms with Gasteiger partial charge in [0, 0.05) is 6.61 Å². The molecule has 0 saturated heterocycles. The van der Waals surface area contributed by atoms with Crippen molar-refractivity contribution in [1.82, 2.24) is 0 Å². The van der Waals surface area contributed by atoms with Crippen molar-refractivity contribution in [2.45, 2.75) is 141 Å². The summed E-state index contributed by atoms with van der Waals surface area (Å²) in [6, 6.07) is 0. The molecule has 0 fully saturated rings. The Balaban J connectivity index is 3.05. The van der Waals surface area contributed by atoms with Gasteiger partial charge in [-0.2, -0.15) is 0 Å². The van der Waals surface area contributed by atoms with E-state index in [1.165, 1.54) is 103 Å². The lowest BCUT2D eigenvalue weighted by molar-refractivity contribution is 0.144. The van der Waals surface area contributed by atoms with Gasteiger partial charge in [0.05, 0.1) is 6.10 Å². The lowest BCUT2D eigenvalue weighted by atomic mass is 10.0. The van der Waals surface area contributed by atoms with Gasteiger partial charge < -0.3 is 10.2 Å². The Bertz CT molecular complexity index is 230. The Morgan fingerprint density at radius 3 is 1.16 bits per heavy atom. The van der Waals surface area contributed by atoms with Crippen molar-refractivity contribution in [1.29, 1.82) is 0 Å². The molecule has 152 valence electrons. The number of aliphatic hydroxyl groups excluding tert-OH is 2. The SMILES string of the molecule is CCCCCCCCCCCCCCCCCCC(O)CCCCO. The van der Waals surface area contributed by atoms with Crippen molar-refractivity contribution in [2.75, 3.05) is 6.61 Å². The molecular formula is C23H48O2. The van der Waals surface area contributed by atoms with Crippen LogP contribution in [0.5, 0.6) is 0 Å². The highest BCUT2D eigenvalue weighted by molar-refractivity contribution is 4.57. The summed E-state index contributed by atoms with van der Waals surface area (Å²) in [5.74, 6) is 0. The minimum absolute atomic E-state index is 0.141. The van der Waals surface area contributed by atoms with Gasteiger partial charge in [0.1, 0.15) is 0 Å². The third-order valence-corrected chi connectivity index (χ3v) is 5.34. The third-order valence-electron chi connectivity index (χ3n) is 5.34. The van der Waals surface area contributed by atoms with E-state index in [0.717, 1.165) is 25.7 Å². The molecule has 0 aliphatic rings. The summed E-state index contributed by atoms with van der Waals surface area (Å²) in [5, 5.41) is 18.5. The number of hydrogen-bond acceptors (Lipinski definition) is 2. The predicted octanol–water partition coefficient (Wildman–Crippen LogP) is 7.16. The first kappa shape index (κ1) is 24.9. The average molecular weight is 357 g/mol. The van der Waals surface area contributed by atoms with E-state index in [1.54, 1.807) is 0 Å². The lowest BCUT2D eigenvalue weighted by Crippen LogP contribution is -2.06. The maximum absolute atomic E-state index is 9.81. The van der Waals surface area contributed by atoms with Gasteiger partial charge in [0.25, 0.3) is 0 Å². The lowest BCUT2D eigenvalue weighted by Gasteiger charge is -2.09. The topological polar surface area (TPSA) is 40.5 Å². The highest BCUT2D eigenvalue weighted by atomic mass is 16.3. The van der Waals surface area contributed by atoms with Crippen LogP contribution in [0.2, 0.25) is 0 Å². The minimum Gasteiger partial charge on any atom is -0.396 e. The molecule has 0 aliphatic heterocycles. The van der Waals surface area contributed by atoms with Crippen molar-refractivity contribution in [2.24, 2.45) is 0 Å². The maximum Gasteiger partial charge on any atom is 0.0540 e. The Morgan fingerprint density at radius 1 is 0.480 bits per heavy atom. The van der Waals surface area contributed by atoms with E-state index in [2.05, 4.69) is 6.92 Å². The second-order valence-corrected chi connectivity index (χ2v) is 7.97. The average Bonchev–Trinajstić information content (AvgIpc) is 2.61. The fraction of sp³-hybridized carbons (Fsp3) is 1.00. The van der Waals surface area contributed by atoms with Crippen molar-refractivity contribution in [3.05, 3.63) is 0 Å². The first-order valence-corrected chi connectivity index (χ1v) is 11.6. The quantitative estimate of drug-likeness (QED) is 0.214. The molecule has 2 nitrogen and oxygen atoms in total. The maximum atomic E-state index is 9.81. The molecule has 1 unspecified atom stereocenters. The first-order valence-electron chi connectivity index (χ1n) is 11.6. The molecular weight excluding hydrogens is 308 g/mol. The van der Waals surface area contributed by atoms with E-state index >= 15 is 0 Å². The normalized spacial score (nSPS) is 12.6. The van der Waals surface area contributed by atoms with Gasteiger partial charge in [-0.15, -0.1) is 0 Å². The summed E-state index contributed by atoms with van der Waals surface area (Å²) < 4.78 is 0. The predicted molar refractivity (Wildman–Crippen MR) is 111 cm³/mol. The van der Waals surface area contributed by atoms with Crippen LogP contribution in [0.1, 0.15) is 135 Å². The summed E-state index contributed by atoms with van der Waals surface area (Å²) in [6.45, 7) is 2.54. The molecule has 0 radical (unpaired) electrons. The van der Waals surface area contributed by atoms with Gasteiger partial charge in [-0.3, -0.25) is 0 Å². The standard InChI is InChI=1S/C23H48O2/c1-2-3-4-5-6-7-8-9-10-11-12-13-14-15-16-17-20-23(25)21-18-19-22-24/h23-25H,2-22H2,1H3. The Hall–Kier alpha value is -0.0800. The van der Waals surface area contributed by atoms with Gasteiger partial charge >= 0.3 is 0 Å². The minimum atomic E-state index is -0.141. The number of rotatable bonds is 21. The van der Waals surface area contributed by atoms with E-state index < -0.39 is 0 Å². The van der Waals surface area contributed by atoms with Crippen LogP contribution in [0.15, 0.2) is 0 Å². The van der Waals surface area contributed by atoms with Crippen molar-refractivity contribution >= 4 is 0 Å². The molecule has 25 heavy (non-hydrogen) atoms. The van der Waals surface area contributed by atoms with Gasteiger partial charge in [0.2, 0.25) is 0 Å². The molecule has 0 saturated carbocycles. The molecule has 0 spiro atoms. The van der Waals surface area contributed by atoms with E-state index in [1.807, 2.05) is 0 Å². The number of unbranched alkanes of at least 4 members (excludes halogenated alkanes) is 16. The number of hydrogen-bond donors (Lipinski definition) is 2. The van der Waals surface area contributed by atoms with Gasteiger partial charge in [-0.05, 0) is 25.7 Å². The van der Waals surface area contributed by atoms with Crippen LogP contribution in [0, 0.1) is 0 Å². The Labute approximate surface area is 158 Å². The van der Waals surface area contributed by atoms with Crippen LogP contribution >= 0.6 is 0 Å². The summed E-state index contributed by atoms with van der Waals surface area (Å²) in [6.07, 6.45) is 25.8. The van der Waals surface area contributed by atoms with Gasteiger partial charge in [-0.25, -0.2) is 0 Å². The van der Waals surface area contributed by atoms with Gasteiger partial charge in [0.15, 0.2) is 0 Å². The molecule has 0 aromatic heterocycles. The number of aliphatic hydroxyl groups is 2. The Kier molecular flexibility index (Phi) is 21.9. The molecule has 0 rings (SSSR count). The van der Waals surface area contributed by atoms with Crippen molar-refractivity contribution < 1.29 is 10.2 Å². The molecule has 0 heterocycles. The summed E-state index contributed by atoms with van der Waals surface area (Å²) >= 11 is 0. The second kappa shape index (κ2) is 22.0. The van der Waals surface area contributed by atoms with Gasteiger partial charge in [-0.1, -0.05) is 110 Å². The second-order valence-electron chi connectivity index (χ2n) is 7.97. The van der Waals surface area contributed by atoms with E-state index in [9.17, 15) is 5.11 Å². The van der Waals surface area contributed by atoms with Crippen LogP contribution in [0.3, 0.4) is 0 Å². The highest BCUT2D eigenvalue weighted by Gasteiger charge is 2.03. The first-order chi connectivity index (χ1) is 12.3. The van der Waals surface area contributed by atoms with Crippen LogP contribution in [0.25, 0.3) is 0 Å². The molecule has 0 aromatic rings. The van der Waals surface area contributed by atoms with Crippen LogP contribution < -0.4 is 0 Å². The fourth-order valence-electron chi connectivity index (χ4n) is 3.56. The zero-order chi connectivity index (χ0) is 18.4. The smallest absolute Gasteiger partial charge is 0.0540 e. The van der Waals surface area contributed by atoms with Crippen molar-refractivity contribution in [3.8, 4) is 0 Å². The Morgan fingerprint density at radius 2 is 0.800 bits per heavy atom. The zero-order valence-corrected chi connectivity index (χ0v) is 17.3. The fourth-order valence-corrected chi connectivity index (χ4v) is 3.56. The third kappa shape index (κ3) is 21.9. The molecule has 2 heteroatoms. The zero-order valence-electron chi connectivity index (χ0n) is 17.3. The summed E-state index contributed by atoms with van der Waals surface area (Å²) in [5.41, 5.74) is 0. The van der Waals surface area contributed by atoms with E-state index in [4.69, 9.17) is 5.11 Å². The molecule has 0 aliphatic carbocycles. The van der Waals surface area contributed by atoms with Crippen LogP contribution in [-0.2, 0) is 0 Å². The molecule has 1 atom stereocenters. The van der Waals surface area contributed by atoms with E-state index in [0.29, 0.717) is 0 Å². The highest BCUT2D eigenvalue weighted by Crippen LogP contribution is 2.15. The molecule has 0 amide bonds. The monoisotopic (exact) mass is 356 g/mol. The van der Waals surface area contributed by atoms with Crippen LogP contribution in [0.4, 0.5) is 0 Å². The molecule has 0 bridgehead atoms.